The van der Waals surface area contributed by atoms with Crippen molar-refractivity contribution < 1.29 is 14.7 Å². The maximum atomic E-state index is 8.51. The molecule has 0 spiro atoms. The van der Waals surface area contributed by atoms with Crippen molar-refractivity contribution in [3.8, 4) is 0 Å². The SMILES string of the molecule is OP(O)(O)=[SH]n1ccnn1. The molecule has 0 aliphatic heterocycles. The molecule has 0 atom stereocenters. The Morgan fingerprint density at radius 3 is 2.50 bits per heavy atom. The van der Waals surface area contributed by atoms with Crippen LogP contribution in [0.3, 0.4) is 0 Å². The zero-order chi connectivity index (χ0) is 7.61. The van der Waals surface area contributed by atoms with Crippen molar-refractivity contribution in [3.63, 3.8) is 0 Å². The number of thiol groups is 1. The molecule has 0 saturated carbocycles. The molecule has 0 saturated heterocycles. The van der Waals surface area contributed by atoms with Gasteiger partial charge in [-0.2, -0.15) is 4.09 Å². The molecule has 3 N–H and O–H groups in total. The summed E-state index contributed by atoms with van der Waals surface area (Å²) in [5, 5.41) is 6.80. The molecule has 1 aromatic heterocycles. The summed E-state index contributed by atoms with van der Waals surface area (Å²) in [6.07, 6.45) is 2.79. The summed E-state index contributed by atoms with van der Waals surface area (Å²) in [5.41, 5.74) is 0. The molecule has 6 nitrogen and oxygen atoms in total. The molecule has 0 aromatic carbocycles. The molecule has 0 aliphatic carbocycles. The molecule has 8 heteroatoms. The van der Waals surface area contributed by atoms with Crippen molar-refractivity contribution in [2.75, 3.05) is 0 Å². The third-order valence-electron chi connectivity index (χ3n) is 0.622. The van der Waals surface area contributed by atoms with E-state index < -0.39 is 6.72 Å². The van der Waals surface area contributed by atoms with E-state index >= 15 is 0 Å². The number of rotatable bonds is 1. The summed E-state index contributed by atoms with van der Waals surface area (Å²) in [7, 11) is 0. The van der Waals surface area contributed by atoms with Crippen LogP contribution in [0.15, 0.2) is 12.4 Å². The van der Waals surface area contributed by atoms with Crippen LogP contribution in [0.1, 0.15) is 0 Å². The molecule has 0 unspecified atom stereocenters. The van der Waals surface area contributed by atoms with Crippen molar-refractivity contribution in [1.29, 1.82) is 0 Å². The van der Waals surface area contributed by atoms with Gasteiger partial charge in [-0.3, -0.25) is 0 Å². The monoisotopic (exact) mass is 183 g/mol. The van der Waals surface area contributed by atoms with Gasteiger partial charge in [0.25, 0.3) is 6.72 Å². The molecule has 1 rings (SSSR count). The van der Waals surface area contributed by atoms with Crippen molar-refractivity contribution in [1.82, 2.24) is 14.4 Å². The van der Waals surface area contributed by atoms with Gasteiger partial charge in [0.1, 0.15) is 0 Å². The molecule has 0 fully saturated rings. The first kappa shape index (κ1) is 7.90. The van der Waals surface area contributed by atoms with Crippen LogP contribution in [0.2, 0.25) is 0 Å². The van der Waals surface area contributed by atoms with Crippen molar-refractivity contribution >= 4 is 17.8 Å². The topological polar surface area (TPSA) is 91.4 Å². The Morgan fingerprint density at radius 1 is 1.40 bits per heavy atom. The van der Waals surface area contributed by atoms with E-state index in [0.717, 1.165) is 4.09 Å². The maximum Gasteiger partial charge on any atom is 0.294 e. The summed E-state index contributed by atoms with van der Waals surface area (Å²) < 4.78 is 1.12. The average molecular weight is 183 g/mol. The van der Waals surface area contributed by atoms with E-state index in [1.807, 2.05) is 0 Å². The Bertz CT molecular complexity index is 244. The molecule has 0 bridgehead atoms. The summed E-state index contributed by atoms with van der Waals surface area (Å²) >= 11 is -0.0563. The second kappa shape index (κ2) is 2.81. The zero-order valence-corrected chi connectivity index (χ0v) is 6.52. The van der Waals surface area contributed by atoms with E-state index in [2.05, 4.69) is 10.3 Å². The number of nitrogens with zero attached hydrogens (tertiary/aromatic N) is 3. The summed E-state index contributed by atoms with van der Waals surface area (Å²) in [5.74, 6) is 0. The summed E-state index contributed by atoms with van der Waals surface area (Å²) in [4.78, 5) is 25.5. The minimum absolute atomic E-state index is 0.0563. The second-order valence-electron chi connectivity index (χ2n) is 1.45. The van der Waals surface area contributed by atoms with Crippen LogP contribution in [0.5, 0.6) is 0 Å². The number of aromatic nitrogens is 3. The smallest absolute Gasteiger partial charge is 0.294 e. The molecular weight excluding hydrogens is 177 g/mol. The average Bonchev–Trinajstić information content (AvgIpc) is 2.12. The fourth-order valence-electron chi connectivity index (χ4n) is 0.373. The first-order chi connectivity index (χ1) is 4.58. The van der Waals surface area contributed by atoms with Gasteiger partial charge in [0, 0.05) is 0 Å². The standard InChI is InChI=1S/C2H6N3O3PS/c6-9(7,8)10-5-2-1-3-4-5/h1-2,6-8,10H. The lowest BCUT2D eigenvalue weighted by atomic mass is 11.0. The van der Waals surface area contributed by atoms with Crippen LogP contribution in [0.4, 0.5) is 0 Å². The van der Waals surface area contributed by atoms with Gasteiger partial charge in [-0.15, -0.1) is 5.10 Å². The molecule has 1 aromatic rings. The molecule has 1 heterocycles. The minimum atomic E-state index is -3.77. The van der Waals surface area contributed by atoms with Crippen LogP contribution in [-0.2, 0) is 11.1 Å². The highest BCUT2D eigenvalue weighted by molar-refractivity contribution is 8.15. The highest BCUT2D eigenvalue weighted by Crippen LogP contribution is 2.30. The fraction of sp³-hybridized carbons (Fsp3) is 0. The van der Waals surface area contributed by atoms with E-state index in [9.17, 15) is 0 Å². The largest absolute Gasteiger partial charge is 0.328 e. The predicted octanol–water partition coefficient (Wildman–Crippen LogP) is -1.49. The van der Waals surface area contributed by atoms with E-state index in [0.29, 0.717) is 0 Å². The van der Waals surface area contributed by atoms with Crippen molar-refractivity contribution in [2.45, 2.75) is 0 Å². The molecule has 10 heavy (non-hydrogen) atoms. The summed E-state index contributed by atoms with van der Waals surface area (Å²) in [6.45, 7) is -3.77. The Labute approximate surface area is 60.1 Å². The fourth-order valence-corrected chi connectivity index (χ4v) is 1.84. The normalized spacial score (nSPS) is 11.9. The van der Waals surface area contributed by atoms with E-state index in [-0.39, 0.29) is 11.1 Å². The van der Waals surface area contributed by atoms with Crippen molar-refractivity contribution in [3.05, 3.63) is 12.4 Å². The lowest BCUT2D eigenvalue weighted by Crippen LogP contribution is -1.92. The van der Waals surface area contributed by atoms with Gasteiger partial charge in [0.05, 0.1) is 12.4 Å². The zero-order valence-electron chi connectivity index (χ0n) is 4.73. The number of hydrogen-bond donors (Lipinski definition) is 4. The first-order valence-corrected chi connectivity index (χ1v) is 5.45. The van der Waals surface area contributed by atoms with Gasteiger partial charge in [0.2, 0.25) is 0 Å². The van der Waals surface area contributed by atoms with Gasteiger partial charge >= 0.3 is 0 Å². The van der Waals surface area contributed by atoms with Gasteiger partial charge in [-0.25, -0.2) is 0 Å². The highest BCUT2D eigenvalue weighted by atomic mass is 32.5. The quantitative estimate of drug-likeness (QED) is 0.314. The third-order valence-corrected chi connectivity index (χ3v) is 2.53. The molecule has 58 valence electrons. The van der Waals surface area contributed by atoms with Gasteiger partial charge in [-0.05, 0) is 11.1 Å². The van der Waals surface area contributed by atoms with Gasteiger partial charge in [-0.1, -0.05) is 5.21 Å². The first-order valence-electron chi connectivity index (χ1n) is 2.25. The predicted molar refractivity (Wildman–Crippen MR) is 37.8 cm³/mol. The lowest BCUT2D eigenvalue weighted by molar-refractivity contribution is 0.363. The molecule has 0 radical (unpaired) electrons. The number of hydrogen-bond acceptors (Lipinski definition) is 2. The molecule has 0 amide bonds. The minimum Gasteiger partial charge on any atom is -0.328 e. The van der Waals surface area contributed by atoms with E-state index in [4.69, 9.17) is 14.7 Å². The van der Waals surface area contributed by atoms with Crippen LogP contribution in [0.25, 0.3) is 0 Å². The Kier molecular flexibility index (Phi) is 2.22. The molecule has 0 aliphatic rings. The van der Waals surface area contributed by atoms with Gasteiger partial charge in [0.15, 0.2) is 0 Å². The Balaban J connectivity index is 2.92. The van der Waals surface area contributed by atoms with Crippen LogP contribution < -0.4 is 0 Å². The summed E-state index contributed by atoms with van der Waals surface area (Å²) in [6, 6.07) is 0. The van der Waals surface area contributed by atoms with Crippen LogP contribution >= 0.6 is 6.72 Å². The molecular formula is C2H6N3O3PS. The third kappa shape index (κ3) is 2.59. The Morgan fingerprint density at radius 2 is 2.10 bits per heavy atom. The Hall–Kier alpha value is -0.200. The lowest BCUT2D eigenvalue weighted by Gasteiger charge is -1.99. The van der Waals surface area contributed by atoms with Gasteiger partial charge < -0.3 is 14.7 Å². The van der Waals surface area contributed by atoms with E-state index in [1.54, 1.807) is 0 Å². The van der Waals surface area contributed by atoms with E-state index in [1.165, 1.54) is 12.4 Å². The van der Waals surface area contributed by atoms with Crippen molar-refractivity contribution in [2.24, 2.45) is 0 Å². The highest BCUT2D eigenvalue weighted by Gasteiger charge is 2.00. The second-order valence-corrected chi connectivity index (χ2v) is 5.26. The van der Waals surface area contributed by atoms with Crippen LogP contribution in [0, 0.1) is 0 Å². The van der Waals surface area contributed by atoms with Crippen LogP contribution in [-0.4, -0.2) is 29.1 Å². The maximum absolute atomic E-state index is 8.51.